The van der Waals surface area contributed by atoms with Crippen LogP contribution in [0.15, 0.2) is 53.4 Å². The Balaban J connectivity index is 2.52. The number of nitrogens with one attached hydrogen (secondary N) is 1. The molecular formula is C15H14NO3S. The first kappa shape index (κ1) is 14.3. The van der Waals surface area contributed by atoms with E-state index in [2.05, 4.69) is 5.32 Å². The van der Waals surface area contributed by atoms with Gasteiger partial charge in [0, 0.05) is 12.6 Å². The largest absolute Gasteiger partial charge is 0.387 e. The van der Waals surface area contributed by atoms with Crippen LogP contribution in [0.25, 0.3) is 0 Å². The summed E-state index contributed by atoms with van der Waals surface area (Å²) in [5.74, 6) is -0.152. The lowest BCUT2D eigenvalue weighted by Gasteiger charge is -2.12. The van der Waals surface area contributed by atoms with Crippen LogP contribution in [0.2, 0.25) is 0 Å². The Morgan fingerprint density at radius 3 is 2.35 bits per heavy atom. The fourth-order valence-corrected chi connectivity index (χ4v) is 3.74. The van der Waals surface area contributed by atoms with Crippen LogP contribution in [0.5, 0.6) is 0 Å². The molecule has 0 aliphatic rings. The molecule has 2 aromatic rings. The minimum atomic E-state index is -3.62. The van der Waals surface area contributed by atoms with Gasteiger partial charge in [-0.15, -0.1) is 0 Å². The standard InChI is InChI=1S/C15H14NO3S/c1-16-14-9-5-8-13(10-17)15(14)20(18,19)11-12-6-3-2-4-7-12/h2-9,16H,11H2,1H3. The Bertz CT molecular complexity index is 709. The molecule has 0 atom stereocenters. The first-order chi connectivity index (χ1) is 9.58. The minimum Gasteiger partial charge on any atom is -0.387 e. The summed E-state index contributed by atoms with van der Waals surface area (Å²) in [4.78, 5) is 11.0. The zero-order chi connectivity index (χ0) is 14.6. The van der Waals surface area contributed by atoms with Gasteiger partial charge in [0.15, 0.2) is 9.84 Å². The molecule has 4 nitrogen and oxygen atoms in total. The van der Waals surface area contributed by atoms with Crippen molar-refractivity contribution in [2.45, 2.75) is 10.6 Å². The van der Waals surface area contributed by atoms with Crippen LogP contribution >= 0.6 is 0 Å². The molecule has 0 bridgehead atoms. The molecule has 103 valence electrons. The molecule has 2 aromatic carbocycles. The van der Waals surface area contributed by atoms with E-state index in [1.54, 1.807) is 49.7 Å². The Hall–Kier alpha value is -2.14. The van der Waals surface area contributed by atoms with Gasteiger partial charge in [0.1, 0.15) is 4.90 Å². The number of hydrogen-bond donors (Lipinski definition) is 1. The third kappa shape index (κ3) is 2.88. The summed E-state index contributed by atoms with van der Waals surface area (Å²) in [5, 5.41) is 2.80. The highest BCUT2D eigenvalue weighted by Gasteiger charge is 2.23. The second kappa shape index (κ2) is 5.88. The number of sulfone groups is 1. The predicted molar refractivity (Wildman–Crippen MR) is 78.1 cm³/mol. The summed E-state index contributed by atoms with van der Waals surface area (Å²) in [6.45, 7) is 0. The van der Waals surface area contributed by atoms with E-state index in [0.717, 1.165) is 0 Å². The fourth-order valence-electron chi connectivity index (χ4n) is 2.02. The summed E-state index contributed by atoms with van der Waals surface area (Å²) >= 11 is 0. The second-order valence-corrected chi connectivity index (χ2v) is 6.21. The van der Waals surface area contributed by atoms with E-state index in [-0.39, 0.29) is 16.2 Å². The van der Waals surface area contributed by atoms with E-state index in [9.17, 15) is 13.2 Å². The average Bonchev–Trinajstić information content (AvgIpc) is 2.46. The molecule has 0 aromatic heterocycles. The lowest BCUT2D eigenvalue weighted by molar-refractivity contribution is 0.560. The van der Waals surface area contributed by atoms with Crippen molar-refractivity contribution in [3.8, 4) is 0 Å². The van der Waals surface area contributed by atoms with Gasteiger partial charge in [-0.1, -0.05) is 36.4 Å². The lowest BCUT2D eigenvalue weighted by Crippen LogP contribution is -2.11. The first-order valence-electron chi connectivity index (χ1n) is 6.04. The summed E-state index contributed by atoms with van der Waals surface area (Å²) in [6, 6.07) is 13.6. The topological polar surface area (TPSA) is 63.2 Å². The van der Waals surface area contributed by atoms with Crippen LogP contribution in [0.4, 0.5) is 5.69 Å². The monoisotopic (exact) mass is 288 g/mol. The highest BCUT2D eigenvalue weighted by molar-refractivity contribution is 7.90. The Morgan fingerprint density at radius 2 is 1.75 bits per heavy atom. The molecule has 2 rings (SSSR count). The smallest absolute Gasteiger partial charge is 0.234 e. The van der Waals surface area contributed by atoms with E-state index in [0.29, 0.717) is 11.3 Å². The van der Waals surface area contributed by atoms with Crippen LogP contribution in [0.3, 0.4) is 0 Å². The predicted octanol–water partition coefficient (Wildman–Crippen LogP) is 2.16. The second-order valence-electron chi connectivity index (χ2n) is 4.28. The van der Waals surface area contributed by atoms with E-state index < -0.39 is 9.84 Å². The van der Waals surface area contributed by atoms with Gasteiger partial charge < -0.3 is 5.32 Å². The summed E-state index contributed by atoms with van der Waals surface area (Å²) in [5.41, 5.74) is 1.13. The van der Waals surface area contributed by atoms with Crippen molar-refractivity contribution in [2.75, 3.05) is 12.4 Å². The molecule has 5 heteroatoms. The zero-order valence-electron chi connectivity index (χ0n) is 11.0. The molecule has 0 aliphatic heterocycles. The minimum absolute atomic E-state index is 0.00125. The first-order valence-corrected chi connectivity index (χ1v) is 7.69. The zero-order valence-corrected chi connectivity index (χ0v) is 11.8. The SMILES string of the molecule is CNc1cccc([C]=O)c1S(=O)(=O)Cc1ccccc1. The molecule has 0 saturated carbocycles. The quantitative estimate of drug-likeness (QED) is 0.915. The molecular weight excluding hydrogens is 274 g/mol. The van der Waals surface area contributed by atoms with E-state index in [1.807, 2.05) is 6.07 Å². The van der Waals surface area contributed by atoms with E-state index >= 15 is 0 Å². The van der Waals surface area contributed by atoms with Crippen molar-refractivity contribution in [3.63, 3.8) is 0 Å². The summed E-state index contributed by atoms with van der Waals surface area (Å²) < 4.78 is 25.1. The molecule has 0 heterocycles. The van der Waals surface area contributed by atoms with Crippen LogP contribution in [-0.4, -0.2) is 21.8 Å². The number of carbonyl (C=O) groups excluding carboxylic acids is 1. The average molecular weight is 288 g/mol. The van der Waals surface area contributed by atoms with Gasteiger partial charge in [-0.25, -0.2) is 8.42 Å². The van der Waals surface area contributed by atoms with Crippen LogP contribution in [0.1, 0.15) is 11.1 Å². The van der Waals surface area contributed by atoms with Crippen molar-refractivity contribution in [1.29, 1.82) is 0 Å². The van der Waals surface area contributed by atoms with Gasteiger partial charge >= 0.3 is 0 Å². The fraction of sp³-hybridized carbons (Fsp3) is 0.133. The van der Waals surface area contributed by atoms with E-state index in [4.69, 9.17) is 0 Å². The molecule has 0 spiro atoms. The Morgan fingerprint density at radius 1 is 1.05 bits per heavy atom. The molecule has 20 heavy (non-hydrogen) atoms. The van der Waals surface area contributed by atoms with Crippen molar-refractivity contribution in [1.82, 2.24) is 0 Å². The Labute approximate surface area is 118 Å². The normalized spacial score (nSPS) is 11.1. The van der Waals surface area contributed by atoms with Gasteiger partial charge in [-0.2, -0.15) is 0 Å². The number of anilines is 1. The van der Waals surface area contributed by atoms with Gasteiger partial charge in [-0.05, 0) is 17.7 Å². The lowest BCUT2D eigenvalue weighted by atomic mass is 10.2. The number of hydrogen-bond acceptors (Lipinski definition) is 4. The molecule has 0 fully saturated rings. The highest BCUT2D eigenvalue weighted by atomic mass is 32.2. The maximum atomic E-state index is 12.5. The Kier molecular flexibility index (Phi) is 4.20. The number of benzene rings is 2. The van der Waals surface area contributed by atoms with E-state index in [1.165, 1.54) is 6.07 Å². The van der Waals surface area contributed by atoms with Crippen LogP contribution < -0.4 is 5.32 Å². The van der Waals surface area contributed by atoms with Gasteiger partial charge in [-0.3, -0.25) is 4.79 Å². The van der Waals surface area contributed by atoms with Crippen molar-refractivity contribution >= 4 is 21.8 Å². The molecule has 1 N–H and O–H groups in total. The highest BCUT2D eigenvalue weighted by Crippen LogP contribution is 2.27. The van der Waals surface area contributed by atoms with Gasteiger partial charge in [0.25, 0.3) is 0 Å². The number of rotatable bonds is 5. The van der Waals surface area contributed by atoms with Crippen molar-refractivity contribution in [3.05, 3.63) is 59.7 Å². The molecule has 0 saturated heterocycles. The maximum Gasteiger partial charge on any atom is 0.234 e. The molecule has 0 amide bonds. The molecule has 0 aliphatic carbocycles. The van der Waals surface area contributed by atoms with Crippen molar-refractivity contribution in [2.24, 2.45) is 0 Å². The van der Waals surface area contributed by atoms with Crippen LogP contribution in [0, 0.1) is 0 Å². The van der Waals surface area contributed by atoms with Crippen LogP contribution in [-0.2, 0) is 20.4 Å². The third-order valence-electron chi connectivity index (χ3n) is 2.90. The summed E-state index contributed by atoms with van der Waals surface area (Å²) in [6.07, 6.45) is 1.69. The molecule has 1 radical (unpaired) electrons. The maximum absolute atomic E-state index is 12.5. The van der Waals surface area contributed by atoms with Gasteiger partial charge in [0.05, 0.1) is 11.4 Å². The summed E-state index contributed by atoms with van der Waals surface area (Å²) in [7, 11) is -2.01. The van der Waals surface area contributed by atoms with Crippen molar-refractivity contribution < 1.29 is 13.2 Å². The molecule has 0 unspecified atom stereocenters. The third-order valence-corrected chi connectivity index (χ3v) is 4.68. The van der Waals surface area contributed by atoms with Gasteiger partial charge in [0.2, 0.25) is 6.29 Å².